The Morgan fingerprint density at radius 2 is 1.60 bits per heavy atom. The maximum absolute atomic E-state index is 13.7. The van der Waals surface area contributed by atoms with E-state index in [1.165, 1.54) is 0 Å². The fraction of sp³-hybridized carbons (Fsp3) is 0.222. The van der Waals surface area contributed by atoms with Gasteiger partial charge in [0.2, 0.25) is 5.91 Å². The predicted molar refractivity (Wildman–Crippen MR) is 127 cm³/mol. The van der Waals surface area contributed by atoms with Crippen LogP contribution in [0.4, 0.5) is 14.9 Å². The number of nitrogens with one attached hydrogen (secondary N) is 2. The number of carbonyl (C=O) groups is 3. The van der Waals surface area contributed by atoms with Gasteiger partial charge in [0.25, 0.3) is 0 Å². The molecule has 8 heteroatoms. The molecule has 3 aromatic carbocycles. The van der Waals surface area contributed by atoms with Crippen LogP contribution in [-0.2, 0) is 9.53 Å². The van der Waals surface area contributed by atoms with Crippen LogP contribution in [0, 0.1) is 11.7 Å². The Morgan fingerprint density at radius 3 is 2.20 bits per heavy atom. The molecule has 3 N–H and O–H groups in total. The third-order valence-electron chi connectivity index (χ3n) is 6.46. The van der Waals surface area contributed by atoms with Crippen LogP contribution in [0.25, 0.3) is 11.1 Å². The van der Waals surface area contributed by atoms with Crippen LogP contribution in [0.15, 0.2) is 66.7 Å². The van der Waals surface area contributed by atoms with E-state index < -0.39 is 29.8 Å². The SMILES string of the molecule is O=C(NC(C(=O)Nc1cc(F)ccc1C(=O)O)C1CC1)OCC1c2ccccc2-c2ccccc21. The molecule has 2 aliphatic carbocycles. The third-order valence-corrected chi connectivity index (χ3v) is 6.46. The lowest BCUT2D eigenvalue weighted by Gasteiger charge is -2.20. The molecular weight excluding hydrogens is 451 g/mol. The van der Waals surface area contributed by atoms with Gasteiger partial charge in [0.15, 0.2) is 0 Å². The average Bonchev–Trinajstić information content (AvgIpc) is 3.63. The van der Waals surface area contributed by atoms with Gasteiger partial charge in [-0.25, -0.2) is 14.0 Å². The first-order valence-electron chi connectivity index (χ1n) is 11.4. The Morgan fingerprint density at radius 1 is 0.971 bits per heavy atom. The highest BCUT2D eigenvalue weighted by molar-refractivity contribution is 6.03. The fourth-order valence-electron chi connectivity index (χ4n) is 4.61. The number of alkyl carbamates (subject to hydrolysis) is 1. The molecule has 0 aromatic heterocycles. The van der Waals surface area contributed by atoms with Gasteiger partial charge in [0, 0.05) is 5.92 Å². The summed E-state index contributed by atoms with van der Waals surface area (Å²) in [5, 5.41) is 14.4. The summed E-state index contributed by atoms with van der Waals surface area (Å²) in [6.07, 6.45) is 0.726. The second-order valence-corrected chi connectivity index (χ2v) is 8.77. The van der Waals surface area contributed by atoms with Crippen molar-refractivity contribution in [1.82, 2.24) is 5.32 Å². The van der Waals surface area contributed by atoms with E-state index in [-0.39, 0.29) is 29.7 Å². The van der Waals surface area contributed by atoms with Gasteiger partial charge >= 0.3 is 12.1 Å². The number of rotatable bonds is 7. The summed E-state index contributed by atoms with van der Waals surface area (Å²) >= 11 is 0. The molecule has 1 saturated carbocycles. The molecule has 178 valence electrons. The fourth-order valence-corrected chi connectivity index (χ4v) is 4.61. The number of carboxylic acid groups (broad SMARTS) is 1. The minimum Gasteiger partial charge on any atom is -0.478 e. The lowest BCUT2D eigenvalue weighted by Crippen LogP contribution is -2.46. The zero-order chi connectivity index (χ0) is 24.5. The maximum atomic E-state index is 13.7. The molecule has 0 saturated heterocycles. The standard InChI is InChI=1S/C27H23FN2O5/c28-16-11-12-21(26(32)33)23(13-16)29-25(31)24(15-9-10-15)30-27(34)35-14-22-19-7-3-1-5-17(19)18-6-2-4-8-20(18)22/h1-8,11-13,15,22,24H,9-10,14H2,(H,29,31)(H,30,34)(H,32,33). The summed E-state index contributed by atoms with van der Waals surface area (Å²) in [5.41, 5.74) is 3.96. The minimum atomic E-state index is -1.30. The number of anilines is 1. The summed E-state index contributed by atoms with van der Waals surface area (Å²) in [6.45, 7) is 0.103. The molecule has 1 fully saturated rings. The Hall–Kier alpha value is -4.20. The number of hydrogen-bond acceptors (Lipinski definition) is 4. The van der Waals surface area contributed by atoms with Crippen LogP contribution < -0.4 is 10.6 Å². The predicted octanol–water partition coefficient (Wildman–Crippen LogP) is 4.78. The van der Waals surface area contributed by atoms with Crippen molar-refractivity contribution in [3.05, 3.63) is 89.2 Å². The number of carboxylic acids is 1. The van der Waals surface area contributed by atoms with E-state index in [9.17, 15) is 23.9 Å². The number of carbonyl (C=O) groups excluding carboxylic acids is 2. The molecule has 35 heavy (non-hydrogen) atoms. The zero-order valence-electron chi connectivity index (χ0n) is 18.7. The maximum Gasteiger partial charge on any atom is 0.407 e. The molecule has 0 aliphatic heterocycles. The number of ether oxygens (including phenoxy) is 1. The van der Waals surface area contributed by atoms with Crippen molar-refractivity contribution in [2.24, 2.45) is 5.92 Å². The first-order valence-corrected chi connectivity index (χ1v) is 11.4. The number of benzene rings is 3. The number of hydrogen-bond donors (Lipinski definition) is 3. The van der Waals surface area contributed by atoms with Crippen LogP contribution in [-0.4, -0.2) is 35.7 Å². The highest BCUT2D eigenvalue weighted by atomic mass is 19.1. The summed E-state index contributed by atoms with van der Waals surface area (Å²) < 4.78 is 19.2. The summed E-state index contributed by atoms with van der Waals surface area (Å²) in [5.74, 6) is -2.82. The van der Waals surface area contributed by atoms with Gasteiger partial charge in [-0.2, -0.15) is 0 Å². The topological polar surface area (TPSA) is 105 Å². The Bertz CT molecular complexity index is 1270. The molecule has 2 aliphatic rings. The highest BCUT2D eigenvalue weighted by Gasteiger charge is 2.38. The van der Waals surface area contributed by atoms with Crippen molar-refractivity contribution in [1.29, 1.82) is 0 Å². The second-order valence-electron chi connectivity index (χ2n) is 8.77. The molecule has 0 heterocycles. The lowest BCUT2D eigenvalue weighted by molar-refractivity contribution is -0.118. The first-order chi connectivity index (χ1) is 16.9. The van der Waals surface area contributed by atoms with Gasteiger partial charge in [0.1, 0.15) is 18.5 Å². The van der Waals surface area contributed by atoms with Crippen LogP contribution in [0.3, 0.4) is 0 Å². The molecule has 2 amide bonds. The van der Waals surface area contributed by atoms with Gasteiger partial charge in [-0.3, -0.25) is 4.79 Å². The van der Waals surface area contributed by atoms with Crippen LogP contribution in [0.2, 0.25) is 0 Å². The van der Waals surface area contributed by atoms with Crippen molar-refractivity contribution in [3.8, 4) is 11.1 Å². The monoisotopic (exact) mass is 474 g/mol. The third kappa shape index (κ3) is 4.59. The number of amides is 2. The van der Waals surface area contributed by atoms with Crippen molar-refractivity contribution >= 4 is 23.7 Å². The van der Waals surface area contributed by atoms with E-state index in [2.05, 4.69) is 10.6 Å². The molecule has 0 radical (unpaired) electrons. The molecule has 3 aromatic rings. The van der Waals surface area contributed by atoms with E-state index in [1.54, 1.807) is 0 Å². The first kappa shape index (κ1) is 22.6. The van der Waals surface area contributed by atoms with Gasteiger partial charge in [-0.1, -0.05) is 48.5 Å². The number of fused-ring (bicyclic) bond motifs is 3. The number of halogens is 1. The average molecular weight is 474 g/mol. The lowest BCUT2D eigenvalue weighted by atomic mass is 9.98. The molecule has 7 nitrogen and oxygen atoms in total. The molecule has 0 spiro atoms. The molecular formula is C27H23FN2O5. The van der Waals surface area contributed by atoms with Crippen molar-refractivity contribution < 1.29 is 28.6 Å². The Kier molecular flexibility index (Phi) is 5.94. The van der Waals surface area contributed by atoms with E-state index in [4.69, 9.17) is 4.74 Å². The highest BCUT2D eigenvalue weighted by Crippen LogP contribution is 2.44. The van der Waals surface area contributed by atoms with Crippen LogP contribution in [0.5, 0.6) is 0 Å². The summed E-state index contributed by atoms with van der Waals surface area (Å²) in [6, 6.07) is 18.1. The molecule has 1 atom stereocenters. The summed E-state index contributed by atoms with van der Waals surface area (Å²) in [7, 11) is 0. The van der Waals surface area contributed by atoms with Gasteiger partial charge in [-0.05, 0) is 59.2 Å². The van der Waals surface area contributed by atoms with E-state index in [1.807, 2.05) is 48.5 Å². The molecule has 0 bridgehead atoms. The van der Waals surface area contributed by atoms with E-state index in [0.29, 0.717) is 0 Å². The minimum absolute atomic E-state index is 0.0997. The van der Waals surface area contributed by atoms with Crippen molar-refractivity contribution in [2.45, 2.75) is 24.8 Å². The largest absolute Gasteiger partial charge is 0.478 e. The van der Waals surface area contributed by atoms with E-state index >= 15 is 0 Å². The van der Waals surface area contributed by atoms with Gasteiger partial charge < -0.3 is 20.5 Å². The Labute approximate surface area is 200 Å². The molecule has 1 unspecified atom stereocenters. The van der Waals surface area contributed by atoms with Crippen LogP contribution in [0.1, 0.15) is 40.2 Å². The zero-order valence-corrected chi connectivity index (χ0v) is 18.7. The van der Waals surface area contributed by atoms with E-state index in [0.717, 1.165) is 53.3 Å². The quantitative estimate of drug-likeness (QED) is 0.457. The van der Waals surface area contributed by atoms with Crippen molar-refractivity contribution in [3.63, 3.8) is 0 Å². The second kappa shape index (κ2) is 9.21. The van der Waals surface area contributed by atoms with Gasteiger partial charge in [-0.15, -0.1) is 0 Å². The summed E-state index contributed by atoms with van der Waals surface area (Å²) in [4.78, 5) is 37.0. The smallest absolute Gasteiger partial charge is 0.407 e. The van der Waals surface area contributed by atoms with Crippen LogP contribution >= 0.6 is 0 Å². The normalized spacial score (nSPS) is 15.0. The number of aromatic carboxylic acids is 1. The van der Waals surface area contributed by atoms with Crippen molar-refractivity contribution in [2.75, 3.05) is 11.9 Å². The molecule has 5 rings (SSSR count). The Balaban J connectivity index is 1.27. The van der Waals surface area contributed by atoms with Gasteiger partial charge in [0.05, 0.1) is 11.3 Å².